The number of rotatable bonds is 6. The van der Waals surface area contributed by atoms with E-state index in [4.69, 9.17) is 14.6 Å². The first-order valence-corrected chi connectivity index (χ1v) is 6.53. The summed E-state index contributed by atoms with van der Waals surface area (Å²) < 4.78 is 11.0. The molecule has 0 saturated heterocycles. The molecule has 0 bridgehead atoms. The number of aliphatic hydroxyl groups excluding tert-OH is 1. The van der Waals surface area contributed by atoms with E-state index in [0.717, 1.165) is 37.4 Å². The van der Waals surface area contributed by atoms with E-state index in [9.17, 15) is 0 Å². The van der Waals surface area contributed by atoms with Crippen LogP contribution in [0.1, 0.15) is 25.3 Å². The summed E-state index contributed by atoms with van der Waals surface area (Å²) >= 11 is 0. The van der Waals surface area contributed by atoms with Crippen LogP contribution in [-0.2, 0) is 6.54 Å². The lowest BCUT2D eigenvalue weighted by molar-refractivity contribution is 0.171. The van der Waals surface area contributed by atoms with E-state index >= 15 is 0 Å². The van der Waals surface area contributed by atoms with Crippen LogP contribution in [0.2, 0.25) is 0 Å². The molecule has 4 nitrogen and oxygen atoms in total. The van der Waals surface area contributed by atoms with Crippen molar-refractivity contribution in [2.45, 2.75) is 32.4 Å². The zero-order chi connectivity index (χ0) is 12.8. The summed E-state index contributed by atoms with van der Waals surface area (Å²) in [5, 5.41) is 12.5. The number of benzene rings is 1. The van der Waals surface area contributed by atoms with Crippen molar-refractivity contribution in [2.75, 3.05) is 19.8 Å². The van der Waals surface area contributed by atoms with Crippen LogP contribution in [0.4, 0.5) is 0 Å². The fourth-order valence-electron chi connectivity index (χ4n) is 1.95. The molecule has 0 fully saturated rings. The van der Waals surface area contributed by atoms with Gasteiger partial charge in [-0.2, -0.15) is 0 Å². The molecular weight excluding hydrogens is 230 g/mol. The van der Waals surface area contributed by atoms with Gasteiger partial charge in [0.25, 0.3) is 0 Å². The van der Waals surface area contributed by atoms with Crippen LogP contribution in [0.25, 0.3) is 0 Å². The Labute approximate surface area is 108 Å². The Morgan fingerprint density at radius 2 is 2.06 bits per heavy atom. The van der Waals surface area contributed by atoms with Gasteiger partial charge in [0.05, 0.1) is 6.10 Å². The van der Waals surface area contributed by atoms with Gasteiger partial charge >= 0.3 is 0 Å². The predicted molar refractivity (Wildman–Crippen MR) is 70.1 cm³/mol. The molecule has 1 aliphatic rings. The van der Waals surface area contributed by atoms with Gasteiger partial charge in [-0.1, -0.05) is 6.07 Å². The first-order chi connectivity index (χ1) is 8.75. The Hall–Kier alpha value is -1.26. The third kappa shape index (κ3) is 3.89. The standard InChI is InChI=1S/C14H21NO3/c1-11(16)3-2-6-15-10-12-4-5-13-14(9-12)18-8-7-17-13/h4-5,9,11,15-16H,2-3,6-8,10H2,1H3. The van der Waals surface area contributed by atoms with Crippen molar-refractivity contribution in [2.24, 2.45) is 0 Å². The molecule has 0 spiro atoms. The number of ether oxygens (including phenoxy) is 2. The molecule has 1 atom stereocenters. The second kappa shape index (κ2) is 6.61. The Morgan fingerprint density at radius 3 is 2.83 bits per heavy atom. The molecule has 2 N–H and O–H groups in total. The summed E-state index contributed by atoms with van der Waals surface area (Å²) in [5.74, 6) is 1.67. The van der Waals surface area contributed by atoms with Gasteiger partial charge in [0.1, 0.15) is 13.2 Å². The average Bonchev–Trinajstić information content (AvgIpc) is 2.38. The second-order valence-electron chi connectivity index (χ2n) is 4.65. The molecule has 1 aromatic carbocycles. The fourth-order valence-corrected chi connectivity index (χ4v) is 1.95. The second-order valence-corrected chi connectivity index (χ2v) is 4.65. The van der Waals surface area contributed by atoms with E-state index in [2.05, 4.69) is 11.4 Å². The summed E-state index contributed by atoms with van der Waals surface area (Å²) in [5.41, 5.74) is 1.19. The van der Waals surface area contributed by atoms with Gasteiger partial charge in [0, 0.05) is 6.54 Å². The zero-order valence-electron chi connectivity index (χ0n) is 10.8. The van der Waals surface area contributed by atoms with Gasteiger partial charge in [-0.05, 0) is 44.0 Å². The normalized spacial score (nSPS) is 15.4. The third-order valence-electron chi connectivity index (χ3n) is 2.91. The highest BCUT2D eigenvalue weighted by Gasteiger charge is 2.11. The zero-order valence-corrected chi connectivity index (χ0v) is 10.8. The fraction of sp³-hybridized carbons (Fsp3) is 0.571. The van der Waals surface area contributed by atoms with E-state index in [1.807, 2.05) is 19.1 Å². The summed E-state index contributed by atoms with van der Waals surface area (Å²) in [7, 11) is 0. The minimum atomic E-state index is -0.207. The molecular formula is C14H21NO3. The van der Waals surface area contributed by atoms with Gasteiger partial charge in [-0.15, -0.1) is 0 Å². The van der Waals surface area contributed by atoms with Crippen molar-refractivity contribution in [3.05, 3.63) is 23.8 Å². The summed E-state index contributed by atoms with van der Waals surface area (Å²) in [4.78, 5) is 0. The average molecular weight is 251 g/mol. The Balaban J connectivity index is 1.76. The molecule has 2 rings (SSSR count). The van der Waals surface area contributed by atoms with Crippen molar-refractivity contribution in [1.29, 1.82) is 0 Å². The summed E-state index contributed by atoms with van der Waals surface area (Å²) in [6.45, 7) is 4.80. The van der Waals surface area contributed by atoms with E-state index < -0.39 is 0 Å². The Morgan fingerprint density at radius 1 is 1.28 bits per heavy atom. The maximum absolute atomic E-state index is 9.14. The molecule has 0 aromatic heterocycles. The highest BCUT2D eigenvalue weighted by atomic mass is 16.6. The summed E-state index contributed by atoms with van der Waals surface area (Å²) in [6.07, 6.45) is 1.62. The number of fused-ring (bicyclic) bond motifs is 1. The number of nitrogens with one attached hydrogen (secondary N) is 1. The lowest BCUT2D eigenvalue weighted by Crippen LogP contribution is -2.18. The molecule has 0 saturated carbocycles. The molecule has 1 heterocycles. The monoisotopic (exact) mass is 251 g/mol. The number of hydrogen-bond donors (Lipinski definition) is 2. The number of hydrogen-bond acceptors (Lipinski definition) is 4. The van der Waals surface area contributed by atoms with Crippen molar-refractivity contribution in [3.8, 4) is 11.5 Å². The minimum Gasteiger partial charge on any atom is -0.486 e. The van der Waals surface area contributed by atoms with Crippen LogP contribution >= 0.6 is 0 Å². The molecule has 0 aliphatic carbocycles. The third-order valence-corrected chi connectivity index (χ3v) is 2.91. The minimum absolute atomic E-state index is 0.207. The van der Waals surface area contributed by atoms with Crippen LogP contribution in [0.15, 0.2) is 18.2 Å². The SMILES string of the molecule is CC(O)CCCNCc1ccc2c(c1)OCCO2. The Bertz CT molecular complexity index is 379. The molecule has 18 heavy (non-hydrogen) atoms. The van der Waals surface area contributed by atoms with E-state index in [0.29, 0.717) is 13.2 Å². The highest BCUT2D eigenvalue weighted by Crippen LogP contribution is 2.30. The van der Waals surface area contributed by atoms with Gasteiger partial charge in [0.2, 0.25) is 0 Å². The molecule has 0 amide bonds. The maximum Gasteiger partial charge on any atom is 0.161 e. The summed E-state index contributed by atoms with van der Waals surface area (Å²) in [6, 6.07) is 6.03. The maximum atomic E-state index is 9.14. The van der Waals surface area contributed by atoms with Crippen LogP contribution in [0, 0.1) is 0 Å². The van der Waals surface area contributed by atoms with Crippen molar-refractivity contribution in [3.63, 3.8) is 0 Å². The van der Waals surface area contributed by atoms with E-state index in [-0.39, 0.29) is 6.10 Å². The molecule has 1 unspecified atom stereocenters. The largest absolute Gasteiger partial charge is 0.486 e. The van der Waals surface area contributed by atoms with Gasteiger partial charge < -0.3 is 19.9 Å². The lowest BCUT2D eigenvalue weighted by atomic mass is 10.2. The number of aliphatic hydroxyl groups is 1. The Kier molecular flexibility index (Phi) is 4.84. The van der Waals surface area contributed by atoms with E-state index in [1.165, 1.54) is 5.56 Å². The first-order valence-electron chi connectivity index (χ1n) is 6.53. The predicted octanol–water partition coefficient (Wildman–Crippen LogP) is 1.71. The lowest BCUT2D eigenvalue weighted by Gasteiger charge is -2.19. The van der Waals surface area contributed by atoms with Crippen LogP contribution in [0.3, 0.4) is 0 Å². The first kappa shape index (κ1) is 13.2. The topological polar surface area (TPSA) is 50.7 Å². The highest BCUT2D eigenvalue weighted by molar-refractivity contribution is 5.43. The van der Waals surface area contributed by atoms with Gasteiger partial charge in [0.15, 0.2) is 11.5 Å². The van der Waals surface area contributed by atoms with Crippen molar-refractivity contribution in [1.82, 2.24) is 5.32 Å². The molecule has 1 aliphatic heterocycles. The smallest absolute Gasteiger partial charge is 0.161 e. The molecule has 1 aromatic rings. The molecule has 4 heteroatoms. The quantitative estimate of drug-likeness (QED) is 0.756. The van der Waals surface area contributed by atoms with Crippen LogP contribution in [-0.4, -0.2) is 31.0 Å². The van der Waals surface area contributed by atoms with Crippen LogP contribution in [0.5, 0.6) is 11.5 Å². The van der Waals surface area contributed by atoms with E-state index in [1.54, 1.807) is 0 Å². The van der Waals surface area contributed by atoms with Gasteiger partial charge in [-0.25, -0.2) is 0 Å². The van der Waals surface area contributed by atoms with Gasteiger partial charge in [-0.3, -0.25) is 0 Å². The molecule has 0 radical (unpaired) electrons. The molecule has 100 valence electrons. The van der Waals surface area contributed by atoms with Crippen molar-refractivity contribution < 1.29 is 14.6 Å². The van der Waals surface area contributed by atoms with Crippen LogP contribution < -0.4 is 14.8 Å². The van der Waals surface area contributed by atoms with Crippen molar-refractivity contribution >= 4 is 0 Å².